The standard InChI is InChI=1S/C19H24N2O4/c1-21(2)16(14-8-10-15(24-3)11-9-14)12-20-19(23)13-25-18-7-5-4-6-17(18)22/h4-11,16,22H,12-13H2,1-3H3,(H,20,23). The fourth-order valence-electron chi connectivity index (χ4n) is 2.41. The third-order valence-corrected chi connectivity index (χ3v) is 3.84. The average Bonchev–Trinajstić information content (AvgIpc) is 2.61. The van der Waals surface area contributed by atoms with Crippen molar-refractivity contribution in [2.24, 2.45) is 0 Å². The van der Waals surface area contributed by atoms with E-state index in [1.54, 1.807) is 25.3 Å². The van der Waals surface area contributed by atoms with Crippen LogP contribution in [0, 0.1) is 0 Å². The summed E-state index contributed by atoms with van der Waals surface area (Å²) in [6.45, 7) is 0.294. The Morgan fingerprint density at radius 1 is 1.16 bits per heavy atom. The van der Waals surface area contributed by atoms with E-state index >= 15 is 0 Å². The zero-order valence-corrected chi connectivity index (χ0v) is 14.7. The first-order chi connectivity index (χ1) is 12.0. The highest BCUT2D eigenvalue weighted by atomic mass is 16.5. The number of methoxy groups -OCH3 is 1. The quantitative estimate of drug-likeness (QED) is 0.768. The number of hydrogen-bond donors (Lipinski definition) is 2. The second kappa shape index (κ2) is 8.94. The number of rotatable bonds is 8. The number of nitrogens with one attached hydrogen (secondary N) is 1. The number of ether oxygens (including phenoxy) is 2. The zero-order valence-electron chi connectivity index (χ0n) is 14.7. The van der Waals surface area contributed by atoms with Gasteiger partial charge in [-0.2, -0.15) is 0 Å². The number of para-hydroxylation sites is 2. The third-order valence-electron chi connectivity index (χ3n) is 3.84. The van der Waals surface area contributed by atoms with Crippen LogP contribution < -0.4 is 14.8 Å². The van der Waals surface area contributed by atoms with Crippen LogP contribution in [0.5, 0.6) is 17.2 Å². The van der Waals surface area contributed by atoms with E-state index in [4.69, 9.17) is 9.47 Å². The van der Waals surface area contributed by atoms with E-state index in [0.29, 0.717) is 6.54 Å². The average molecular weight is 344 g/mol. The number of hydrogen-bond acceptors (Lipinski definition) is 5. The summed E-state index contributed by atoms with van der Waals surface area (Å²) in [6.07, 6.45) is 0. The van der Waals surface area contributed by atoms with Crippen molar-refractivity contribution in [2.45, 2.75) is 6.04 Å². The van der Waals surface area contributed by atoms with Crippen molar-refractivity contribution in [3.05, 3.63) is 54.1 Å². The highest BCUT2D eigenvalue weighted by Gasteiger charge is 2.16. The normalized spacial score (nSPS) is 11.8. The largest absolute Gasteiger partial charge is 0.504 e. The van der Waals surface area contributed by atoms with E-state index in [-0.39, 0.29) is 30.1 Å². The zero-order chi connectivity index (χ0) is 18.2. The monoisotopic (exact) mass is 344 g/mol. The maximum absolute atomic E-state index is 12.0. The van der Waals surface area contributed by atoms with Gasteiger partial charge >= 0.3 is 0 Å². The van der Waals surface area contributed by atoms with Crippen molar-refractivity contribution in [1.29, 1.82) is 0 Å². The number of carbonyl (C=O) groups is 1. The molecule has 0 fully saturated rings. The SMILES string of the molecule is COc1ccc(C(CNC(=O)COc2ccccc2O)N(C)C)cc1. The Labute approximate surface area is 148 Å². The first-order valence-corrected chi connectivity index (χ1v) is 7.99. The third kappa shape index (κ3) is 5.39. The summed E-state index contributed by atoms with van der Waals surface area (Å²) in [5.41, 5.74) is 1.08. The van der Waals surface area contributed by atoms with Gasteiger partial charge in [-0.3, -0.25) is 4.79 Å². The highest BCUT2D eigenvalue weighted by Crippen LogP contribution is 2.24. The van der Waals surface area contributed by atoms with E-state index in [1.165, 1.54) is 6.07 Å². The van der Waals surface area contributed by atoms with Crippen LogP contribution in [0.4, 0.5) is 0 Å². The molecule has 0 bridgehead atoms. The van der Waals surface area contributed by atoms with Crippen molar-refractivity contribution in [3.8, 4) is 17.2 Å². The molecule has 2 aromatic rings. The lowest BCUT2D eigenvalue weighted by Gasteiger charge is -2.25. The molecule has 0 aliphatic rings. The van der Waals surface area contributed by atoms with Gasteiger partial charge in [0.05, 0.1) is 13.2 Å². The van der Waals surface area contributed by atoms with Gasteiger partial charge in [-0.25, -0.2) is 0 Å². The predicted octanol–water partition coefficient (Wildman–Crippen LogP) is 2.20. The summed E-state index contributed by atoms with van der Waals surface area (Å²) < 4.78 is 10.5. The van der Waals surface area contributed by atoms with E-state index < -0.39 is 0 Å². The van der Waals surface area contributed by atoms with Crippen LogP contribution in [0.2, 0.25) is 0 Å². The van der Waals surface area contributed by atoms with Crippen LogP contribution in [0.3, 0.4) is 0 Å². The van der Waals surface area contributed by atoms with E-state index in [2.05, 4.69) is 5.32 Å². The molecule has 2 rings (SSSR count). The first-order valence-electron chi connectivity index (χ1n) is 7.99. The van der Waals surface area contributed by atoms with Gasteiger partial charge in [-0.15, -0.1) is 0 Å². The van der Waals surface area contributed by atoms with Crippen LogP contribution >= 0.6 is 0 Å². The summed E-state index contributed by atoms with van der Waals surface area (Å²) in [4.78, 5) is 14.1. The number of carbonyl (C=O) groups excluding carboxylic acids is 1. The number of likely N-dealkylation sites (N-methyl/N-ethyl adjacent to an activating group) is 1. The molecule has 0 aromatic heterocycles. The van der Waals surface area contributed by atoms with Crippen LogP contribution in [0.25, 0.3) is 0 Å². The lowest BCUT2D eigenvalue weighted by atomic mass is 10.1. The first kappa shape index (κ1) is 18.6. The number of amides is 1. The molecular weight excluding hydrogens is 320 g/mol. The molecule has 0 radical (unpaired) electrons. The Balaban J connectivity index is 1.89. The van der Waals surface area contributed by atoms with Gasteiger partial charge < -0.3 is 24.8 Å². The van der Waals surface area contributed by atoms with Gasteiger partial charge in [-0.05, 0) is 43.9 Å². The van der Waals surface area contributed by atoms with Crippen LogP contribution in [0.15, 0.2) is 48.5 Å². The highest BCUT2D eigenvalue weighted by molar-refractivity contribution is 5.77. The minimum Gasteiger partial charge on any atom is -0.504 e. The van der Waals surface area contributed by atoms with Crippen molar-refractivity contribution < 1.29 is 19.4 Å². The predicted molar refractivity (Wildman–Crippen MR) is 96.0 cm³/mol. The topological polar surface area (TPSA) is 71.0 Å². The summed E-state index contributed by atoms with van der Waals surface area (Å²) in [5, 5.41) is 12.5. The summed E-state index contributed by atoms with van der Waals surface area (Å²) in [5.74, 6) is 0.849. The Kier molecular flexibility index (Phi) is 6.65. The molecule has 0 aliphatic carbocycles. The molecule has 0 saturated heterocycles. The Morgan fingerprint density at radius 3 is 2.44 bits per heavy atom. The molecule has 6 heteroatoms. The summed E-state index contributed by atoms with van der Waals surface area (Å²) >= 11 is 0. The molecule has 0 saturated carbocycles. The molecule has 1 unspecified atom stereocenters. The van der Waals surface area contributed by atoms with Crippen molar-refractivity contribution in [3.63, 3.8) is 0 Å². The molecular formula is C19H24N2O4. The van der Waals surface area contributed by atoms with Crippen molar-refractivity contribution in [1.82, 2.24) is 10.2 Å². The number of aromatic hydroxyl groups is 1. The Bertz CT molecular complexity index is 686. The number of phenols is 1. The van der Waals surface area contributed by atoms with E-state index in [1.807, 2.05) is 43.3 Å². The van der Waals surface area contributed by atoms with Crippen LogP contribution in [0.1, 0.15) is 11.6 Å². The van der Waals surface area contributed by atoms with Gasteiger partial charge in [0.2, 0.25) is 0 Å². The fraction of sp³-hybridized carbons (Fsp3) is 0.316. The molecule has 0 aliphatic heterocycles. The molecule has 0 heterocycles. The molecule has 2 aromatic carbocycles. The Morgan fingerprint density at radius 2 is 1.84 bits per heavy atom. The molecule has 6 nitrogen and oxygen atoms in total. The van der Waals surface area contributed by atoms with Gasteiger partial charge in [-0.1, -0.05) is 24.3 Å². The Hall–Kier alpha value is -2.73. The van der Waals surface area contributed by atoms with E-state index in [0.717, 1.165) is 11.3 Å². The molecule has 1 atom stereocenters. The van der Waals surface area contributed by atoms with Gasteiger partial charge in [0, 0.05) is 6.54 Å². The molecule has 25 heavy (non-hydrogen) atoms. The maximum Gasteiger partial charge on any atom is 0.258 e. The maximum atomic E-state index is 12.0. The molecule has 134 valence electrons. The molecule has 0 spiro atoms. The van der Waals surface area contributed by atoms with Crippen LogP contribution in [-0.2, 0) is 4.79 Å². The lowest BCUT2D eigenvalue weighted by molar-refractivity contribution is -0.123. The minimum absolute atomic E-state index is 0.0136. The van der Waals surface area contributed by atoms with E-state index in [9.17, 15) is 9.90 Å². The second-order valence-corrected chi connectivity index (χ2v) is 5.81. The van der Waals surface area contributed by atoms with Crippen molar-refractivity contribution in [2.75, 3.05) is 34.4 Å². The van der Waals surface area contributed by atoms with Gasteiger partial charge in [0.15, 0.2) is 18.1 Å². The fourth-order valence-corrected chi connectivity index (χ4v) is 2.41. The smallest absolute Gasteiger partial charge is 0.258 e. The molecule has 1 amide bonds. The van der Waals surface area contributed by atoms with Crippen LogP contribution in [-0.4, -0.2) is 50.3 Å². The lowest BCUT2D eigenvalue weighted by Crippen LogP contribution is -2.36. The number of phenolic OH excluding ortho intramolecular Hbond substituents is 1. The summed E-state index contributed by atoms with van der Waals surface area (Å²) in [7, 11) is 5.54. The summed E-state index contributed by atoms with van der Waals surface area (Å²) in [6, 6.07) is 14.3. The molecule has 2 N–H and O–H groups in total. The van der Waals surface area contributed by atoms with Gasteiger partial charge in [0.25, 0.3) is 5.91 Å². The second-order valence-electron chi connectivity index (χ2n) is 5.81. The number of nitrogens with zero attached hydrogens (tertiary/aromatic N) is 1. The number of benzene rings is 2. The van der Waals surface area contributed by atoms with Gasteiger partial charge in [0.1, 0.15) is 5.75 Å². The minimum atomic E-state index is -0.247. The van der Waals surface area contributed by atoms with Crippen molar-refractivity contribution >= 4 is 5.91 Å².